The third kappa shape index (κ3) is 5.22. The summed E-state index contributed by atoms with van der Waals surface area (Å²) in [5.74, 6) is -0.0482. The normalized spacial score (nSPS) is 11.0. The van der Waals surface area contributed by atoms with Gasteiger partial charge < -0.3 is 9.64 Å². The van der Waals surface area contributed by atoms with E-state index in [0.717, 1.165) is 11.8 Å². The second-order valence-corrected chi connectivity index (χ2v) is 5.54. The van der Waals surface area contributed by atoms with E-state index < -0.39 is 16.9 Å². The summed E-state index contributed by atoms with van der Waals surface area (Å²) in [7, 11) is 1.29. The average molecular weight is 374 g/mol. The third-order valence-electron chi connectivity index (χ3n) is 3.75. The van der Waals surface area contributed by atoms with E-state index >= 15 is 0 Å². The van der Waals surface area contributed by atoms with E-state index in [1.54, 1.807) is 17.9 Å². The van der Waals surface area contributed by atoms with Crippen LogP contribution in [-0.4, -0.2) is 34.0 Å². The number of esters is 1. The summed E-state index contributed by atoms with van der Waals surface area (Å²) in [6.07, 6.45) is 1.55. The minimum absolute atomic E-state index is 0.0698. The molecule has 0 saturated heterocycles. The van der Waals surface area contributed by atoms with E-state index in [2.05, 4.69) is 9.97 Å². The van der Waals surface area contributed by atoms with Crippen molar-refractivity contribution in [2.24, 2.45) is 0 Å². The van der Waals surface area contributed by atoms with Crippen LogP contribution >= 0.6 is 0 Å². The van der Waals surface area contributed by atoms with Crippen molar-refractivity contribution in [3.05, 3.63) is 52.0 Å². The van der Waals surface area contributed by atoms with Crippen molar-refractivity contribution in [2.45, 2.75) is 47.1 Å². The number of benzene rings is 1. The van der Waals surface area contributed by atoms with E-state index in [9.17, 15) is 14.9 Å². The number of nitro groups is 1. The Balaban J connectivity index is 0.00000176. The lowest BCUT2D eigenvalue weighted by atomic mass is 10.1. The van der Waals surface area contributed by atoms with E-state index in [0.29, 0.717) is 17.9 Å². The number of rotatable bonds is 6. The molecule has 1 atom stereocenters. The van der Waals surface area contributed by atoms with Crippen LogP contribution in [0, 0.1) is 24.0 Å². The molecular formula is C19H26N4O4. The fourth-order valence-corrected chi connectivity index (χ4v) is 2.58. The second kappa shape index (κ2) is 10.2. The van der Waals surface area contributed by atoms with E-state index in [1.807, 2.05) is 45.9 Å². The van der Waals surface area contributed by atoms with Gasteiger partial charge in [0, 0.05) is 5.69 Å². The van der Waals surface area contributed by atoms with Crippen LogP contribution in [0.2, 0.25) is 0 Å². The first-order valence-corrected chi connectivity index (χ1v) is 8.80. The zero-order valence-corrected chi connectivity index (χ0v) is 16.6. The van der Waals surface area contributed by atoms with Crippen LogP contribution in [0.1, 0.15) is 38.6 Å². The first-order valence-electron chi connectivity index (χ1n) is 8.80. The van der Waals surface area contributed by atoms with Gasteiger partial charge in [-0.3, -0.25) is 10.1 Å². The average Bonchev–Trinajstić information content (AvgIpc) is 2.66. The number of hydrogen-bond donors (Lipinski definition) is 0. The molecule has 0 aliphatic heterocycles. The van der Waals surface area contributed by atoms with Gasteiger partial charge in [0.25, 0.3) is 0 Å². The molecule has 8 nitrogen and oxygen atoms in total. The number of methoxy groups -OCH3 is 1. The molecule has 2 aromatic rings. The van der Waals surface area contributed by atoms with Crippen molar-refractivity contribution in [1.82, 2.24) is 9.97 Å². The number of carbonyl (C=O) groups excluding carboxylic acids is 1. The summed E-state index contributed by atoms with van der Waals surface area (Å²) in [6.45, 7) is 9.35. The Morgan fingerprint density at radius 2 is 2.00 bits per heavy atom. The zero-order valence-electron chi connectivity index (χ0n) is 16.6. The van der Waals surface area contributed by atoms with Crippen molar-refractivity contribution in [1.29, 1.82) is 0 Å². The van der Waals surface area contributed by atoms with E-state index in [-0.39, 0.29) is 11.5 Å². The summed E-state index contributed by atoms with van der Waals surface area (Å²) in [5.41, 5.74) is 1.31. The summed E-state index contributed by atoms with van der Waals surface area (Å²) in [5, 5.41) is 11.5. The van der Waals surface area contributed by atoms with Crippen LogP contribution in [0.5, 0.6) is 0 Å². The molecule has 0 amide bonds. The molecule has 0 radical (unpaired) electrons. The Kier molecular flexibility index (Phi) is 8.32. The first kappa shape index (κ1) is 22.0. The van der Waals surface area contributed by atoms with Crippen LogP contribution < -0.4 is 4.90 Å². The lowest BCUT2D eigenvalue weighted by Crippen LogP contribution is -2.39. The van der Waals surface area contributed by atoms with Crippen molar-refractivity contribution in [2.75, 3.05) is 12.0 Å². The Hall–Kier alpha value is -3.03. The predicted molar refractivity (Wildman–Crippen MR) is 104 cm³/mol. The number of anilines is 2. The molecule has 27 heavy (non-hydrogen) atoms. The van der Waals surface area contributed by atoms with E-state index in [4.69, 9.17) is 4.74 Å². The largest absolute Gasteiger partial charge is 0.467 e. The SMILES string of the molecule is CC.CCC(C(=O)OC)N(c1cccc(C)c1)c1nc(C)ncc1[N+](=O)[O-]. The van der Waals surface area contributed by atoms with Gasteiger partial charge in [-0.15, -0.1) is 0 Å². The van der Waals surface area contributed by atoms with Crippen LogP contribution in [-0.2, 0) is 9.53 Å². The maximum absolute atomic E-state index is 12.3. The maximum Gasteiger partial charge on any atom is 0.330 e. The predicted octanol–water partition coefficient (Wildman–Crippen LogP) is 4.12. The monoisotopic (exact) mass is 374 g/mol. The Morgan fingerprint density at radius 3 is 2.52 bits per heavy atom. The van der Waals surface area contributed by atoms with Crippen molar-refractivity contribution < 1.29 is 14.5 Å². The molecule has 1 unspecified atom stereocenters. The number of ether oxygens (including phenoxy) is 1. The quantitative estimate of drug-likeness (QED) is 0.426. The van der Waals surface area contributed by atoms with Gasteiger partial charge in [-0.25, -0.2) is 14.8 Å². The van der Waals surface area contributed by atoms with Crippen molar-refractivity contribution in [3.63, 3.8) is 0 Å². The standard InChI is InChI=1S/C17H20N4O4.C2H6/c1-5-14(17(22)25-4)20(13-8-6-7-11(2)9-13)16-15(21(23)24)10-18-12(3)19-16;1-2/h6-10,14H,5H2,1-4H3;1-2H3. The summed E-state index contributed by atoms with van der Waals surface area (Å²) in [4.78, 5) is 32.9. The summed E-state index contributed by atoms with van der Waals surface area (Å²) < 4.78 is 4.89. The molecule has 0 saturated carbocycles. The summed E-state index contributed by atoms with van der Waals surface area (Å²) in [6, 6.07) is 6.59. The van der Waals surface area contributed by atoms with Gasteiger partial charge in [-0.1, -0.05) is 32.9 Å². The molecule has 0 aliphatic rings. The van der Waals surface area contributed by atoms with Gasteiger partial charge in [-0.05, 0) is 38.0 Å². The van der Waals surface area contributed by atoms with Crippen molar-refractivity contribution in [3.8, 4) is 0 Å². The number of carbonyl (C=O) groups is 1. The van der Waals surface area contributed by atoms with Gasteiger partial charge in [0.05, 0.1) is 12.0 Å². The summed E-state index contributed by atoms with van der Waals surface area (Å²) >= 11 is 0. The minimum Gasteiger partial charge on any atom is -0.467 e. The molecule has 0 fully saturated rings. The molecule has 0 aliphatic carbocycles. The van der Waals surface area contributed by atoms with Crippen LogP contribution in [0.3, 0.4) is 0 Å². The highest BCUT2D eigenvalue weighted by atomic mass is 16.6. The smallest absolute Gasteiger partial charge is 0.330 e. The molecule has 0 bridgehead atoms. The molecule has 146 valence electrons. The molecule has 8 heteroatoms. The third-order valence-corrected chi connectivity index (χ3v) is 3.75. The fourth-order valence-electron chi connectivity index (χ4n) is 2.58. The molecule has 1 aromatic carbocycles. The maximum atomic E-state index is 12.3. The molecule has 2 rings (SSSR count). The lowest BCUT2D eigenvalue weighted by molar-refractivity contribution is -0.384. The number of hydrogen-bond acceptors (Lipinski definition) is 7. The van der Waals surface area contributed by atoms with Gasteiger partial charge >= 0.3 is 11.7 Å². The fraction of sp³-hybridized carbons (Fsp3) is 0.421. The highest BCUT2D eigenvalue weighted by Crippen LogP contribution is 2.34. The molecule has 0 spiro atoms. The van der Waals surface area contributed by atoms with Crippen LogP contribution in [0.25, 0.3) is 0 Å². The number of aryl methyl sites for hydroxylation is 2. The van der Waals surface area contributed by atoms with Gasteiger partial charge in [0.15, 0.2) is 0 Å². The van der Waals surface area contributed by atoms with E-state index in [1.165, 1.54) is 7.11 Å². The molecule has 1 aromatic heterocycles. The zero-order chi connectivity index (χ0) is 20.6. The molecular weight excluding hydrogens is 348 g/mol. The van der Waals surface area contributed by atoms with Gasteiger partial charge in [0.1, 0.15) is 18.1 Å². The van der Waals surface area contributed by atoms with Crippen molar-refractivity contribution >= 4 is 23.2 Å². The van der Waals surface area contributed by atoms with Crippen LogP contribution in [0.4, 0.5) is 17.2 Å². The number of aromatic nitrogens is 2. The highest BCUT2D eigenvalue weighted by molar-refractivity contribution is 5.85. The molecule has 0 N–H and O–H groups in total. The topological polar surface area (TPSA) is 98.5 Å². The highest BCUT2D eigenvalue weighted by Gasteiger charge is 2.33. The second-order valence-electron chi connectivity index (χ2n) is 5.54. The Labute approximate surface area is 159 Å². The lowest BCUT2D eigenvalue weighted by Gasteiger charge is -2.30. The Morgan fingerprint density at radius 1 is 1.33 bits per heavy atom. The molecule has 1 heterocycles. The number of nitrogens with zero attached hydrogens (tertiary/aromatic N) is 4. The van der Waals surface area contributed by atoms with Crippen LogP contribution in [0.15, 0.2) is 30.5 Å². The minimum atomic E-state index is -0.750. The van der Waals surface area contributed by atoms with Gasteiger partial charge in [0.2, 0.25) is 5.82 Å². The van der Waals surface area contributed by atoms with Gasteiger partial charge in [-0.2, -0.15) is 0 Å². The first-order chi connectivity index (χ1) is 12.9. The Bertz CT molecular complexity index is 795.